The van der Waals surface area contributed by atoms with E-state index < -0.39 is 23.4 Å². The van der Waals surface area contributed by atoms with E-state index in [4.69, 9.17) is 0 Å². The lowest BCUT2D eigenvalue weighted by atomic mass is 9.85. The van der Waals surface area contributed by atoms with Gasteiger partial charge in [-0.05, 0) is 17.1 Å². The molecule has 19 heavy (non-hydrogen) atoms. The highest BCUT2D eigenvalue weighted by Gasteiger charge is 2.30. The second-order valence-electron chi connectivity index (χ2n) is 5.03. The van der Waals surface area contributed by atoms with Crippen LogP contribution in [-0.2, 0) is 4.79 Å². The van der Waals surface area contributed by atoms with Crippen LogP contribution in [0.1, 0.15) is 36.2 Å². The molecule has 100 valence electrons. The van der Waals surface area contributed by atoms with Crippen molar-refractivity contribution in [2.45, 2.75) is 26.4 Å². The van der Waals surface area contributed by atoms with Crippen LogP contribution in [0, 0.1) is 5.92 Å². The summed E-state index contributed by atoms with van der Waals surface area (Å²) in [5.41, 5.74) is 0.295. The van der Waals surface area contributed by atoms with Gasteiger partial charge in [0.15, 0.2) is 0 Å². The van der Waals surface area contributed by atoms with E-state index in [9.17, 15) is 19.8 Å². The van der Waals surface area contributed by atoms with Crippen LogP contribution in [0.25, 0.3) is 5.76 Å². The summed E-state index contributed by atoms with van der Waals surface area (Å²) in [4.78, 5) is 23.9. The minimum Gasteiger partial charge on any atom is -0.872 e. The zero-order chi connectivity index (χ0) is 14.2. The van der Waals surface area contributed by atoms with Gasteiger partial charge in [-0.3, -0.25) is 9.59 Å². The van der Waals surface area contributed by atoms with Gasteiger partial charge in [-0.15, -0.1) is 0 Å². The molecule has 0 aliphatic heterocycles. The van der Waals surface area contributed by atoms with Gasteiger partial charge in [-0.25, -0.2) is 0 Å². The highest BCUT2D eigenvalue weighted by Crippen LogP contribution is 2.29. The van der Waals surface area contributed by atoms with Crippen molar-refractivity contribution >= 4 is 17.3 Å². The van der Waals surface area contributed by atoms with Crippen molar-refractivity contribution < 1.29 is 19.8 Å². The third kappa shape index (κ3) is 2.31. The average molecular weight is 259 g/mol. The number of ketones is 2. The monoisotopic (exact) mass is 259 g/mol. The summed E-state index contributed by atoms with van der Waals surface area (Å²) in [7, 11) is 0. The molecule has 0 saturated carbocycles. The van der Waals surface area contributed by atoms with Crippen LogP contribution in [0.15, 0.2) is 29.8 Å². The quantitative estimate of drug-likeness (QED) is 0.819. The Balaban J connectivity index is 2.48. The van der Waals surface area contributed by atoms with Gasteiger partial charge in [0.05, 0.1) is 6.10 Å². The maximum Gasteiger partial charge on any atom is 0.233 e. The predicted octanol–water partition coefficient (Wildman–Crippen LogP) is 0.930. The molecule has 0 radical (unpaired) electrons. The Morgan fingerprint density at radius 2 is 1.68 bits per heavy atom. The van der Waals surface area contributed by atoms with E-state index in [-0.39, 0.29) is 29.0 Å². The van der Waals surface area contributed by atoms with Crippen molar-refractivity contribution in [3.05, 3.63) is 41.0 Å². The first-order chi connectivity index (χ1) is 8.93. The van der Waals surface area contributed by atoms with Crippen LogP contribution in [0.3, 0.4) is 0 Å². The van der Waals surface area contributed by atoms with Crippen LogP contribution in [-0.4, -0.2) is 22.8 Å². The maximum atomic E-state index is 12.2. The summed E-state index contributed by atoms with van der Waals surface area (Å²) < 4.78 is 0. The molecule has 0 bridgehead atoms. The standard InChI is InChI=1S/C15H16O4/c1-8(2)12(16)7-11-13(17)9-5-3-4-6-10(9)14(18)15(11)19/h3-6,8,12,16-17H,7H2,1-2H3/p-1. The van der Waals surface area contributed by atoms with E-state index in [1.807, 2.05) is 0 Å². The fourth-order valence-electron chi connectivity index (χ4n) is 2.03. The van der Waals surface area contributed by atoms with Crippen LogP contribution in [0.2, 0.25) is 0 Å². The van der Waals surface area contributed by atoms with Crippen molar-refractivity contribution in [3.8, 4) is 0 Å². The predicted molar refractivity (Wildman–Crippen MR) is 68.2 cm³/mol. The van der Waals surface area contributed by atoms with Crippen molar-refractivity contribution in [2.75, 3.05) is 0 Å². The lowest BCUT2D eigenvalue weighted by Gasteiger charge is -2.27. The van der Waals surface area contributed by atoms with Gasteiger partial charge < -0.3 is 10.2 Å². The third-order valence-electron chi connectivity index (χ3n) is 3.35. The number of aliphatic hydroxyl groups excluding tert-OH is 1. The van der Waals surface area contributed by atoms with Gasteiger partial charge in [0.1, 0.15) is 0 Å². The van der Waals surface area contributed by atoms with Gasteiger partial charge in [0.2, 0.25) is 11.6 Å². The Bertz CT molecular complexity index is 569. The smallest absolute Gasteiger partial charge is 0.233 e. The van der Waals surface area contributed by atoms with E-state index >= 15 is 0 Å². The van der Waals surface area contributed by atoms with Gasteiger partial charge in [-0.2, -0.15) is 0 Å². The molecule has 2 rings (SSSR count). The lowest BCUT2D eigenvalue weighted by molar-refractivity contribution is -0.245. The fraction of sp³-hybridized carbons (Fsp3) is 0.333. The molecule has 0 fully saturated rings. The summed E-state index contributed by atoms with van der Waals surface area (Å²) >= 11 is 0. The fourth-order valence-corrected chi connectivity index (χ4v) is 2.03. The number of Topliss-reactive ketones (excluding diaryl/α,β-unsaturated/α-hetero) is 2. The number of hydrogen-bond acceptors (Lipinski definition) is 4. The molecule has 1 atom stereocenters. The normalized spacial score (nSPS) is 16.8. The second-order valence-corrected chi connectivity index (χ2v) is 5.03. The van der Waals surface area contributed by atoms with Crippen LogP contribution in [0.5, 0.6) is 0 Å². The summed E-state index contributed by atoms with van der Waals surface area (Å²) in [5, 5.41) is 22.0. The summed E-state index contributed by atoms with van der Waals surface area (Å²) in [6.07, 6.45) is -0.879. The molecule has 1 unspecified atom stereocenters. The van der Waals surface area contributed by atoms with Crippen molar-refractivity contribution in [1.82, 2.24) is 0 Å². The molecular formula is C15H15O4-. The SMILES string of the molecule is CC(C)C(O)CC1=C([O-])c2ccccc2C(=O)C1=O. The van der Waals surface area contributed by atoms with Crippen LogP contribution < -0.4 is 5.11 Å². The Hall–Kier alpha value is -1.94. The Kier molecular flexibility index (Phi) is 3.53. The lowest BCUT2D eigenvalue weighted by Crippen LogP contribution is -2.30. The first-order valence-electron chi connectivity index (χ1n) is 6.20. The molecule has 4 heteroatoms. The molecule has 1 aromatic rings. The number of rotatable bonds is 3. The molecule has 0 spiro atoms. The molecule has 0 aromatic heterocycles. The van der Waals surface area contributed by atoms with E-state index in [1.165, 1.54) is 12.1 Å². The van der Waals surface area contributed by atoms with Gasteiger partial charge >= 0.3 is 0 Å². The summed E-state index contributed by atoms with van der Waals surface area (Å²) in [6.45, 7) is 3.58. The Labute approximate surface area is 111 Å². The third-order valence-corrected chi connectivity index (χ3v) is 3.35. The van der Waals surface area contributed by atoms with Crippen molar-refractivity contribution in [3.63, 3.8) is 0 Å². The number of benzene rings is 1. The second kappa shape index (κ2) is 4.97. The van der Waals surface area contributed by atoms with Crippen LogP contribution >= 0.6 is 0 Å². The van der Waals surface area contributed by atoms with E-state index in [0.717, 1.165) is 0 Å². The number of hydrogen-bond donors (Lipinski definition) is 1. The topological polar surface area (TPSA) is 77.4 Å². The summed E-state index contributed by atoms with van der Waals surface area (Å²) in [5.74, 6) is -1.98. The molecular weight excluding hydrogens is 244 g/mol. The molecule has 1 aliphatic rings. The van der Waals surface area contributed by atoms with Crippen LogP contribution in [0.4, 0.5) is 0 Å². The largest absolute Gasteiger partial charge is 0.872 e. The maximum absolute atomic E-state index is 12.2. The van der Waals surface area contributed by atoms with E-state index in [2.05, 4.69) is 0 Å². The van der Waals surface area contributed by atoms with Crippen molar-refractivity contribution in [1.29, 1.82) is 0 Å². The van der Waals surface area contributed by atoms with Gasteiger partial charge in [0, 0.05) is 12.0 Å². The number of carbonyl (C=O) groups is 2. The first kappa shape index (κ1) is 13.5. The molecule has 0 saturated heterocycles. The molecule has 0 amide bonds. The number of carbonyl (C=O) groups excluding carboxylic acids is 2. The molecule has 1 aliphatic carbocycles. The minimum atomic E-state index is -0.805. The molecule has 0 heterocycles. The van der Waals surface area contributed by atoms with Gasteiger partial charge in [0.25, 0.3) is 0 Å². The first-order valence-corrected chi connectivity index (χ1v) is 6.20. The molecule has 1 N–H and O–H groups in total. The number of fused-ring (bicyclic) bond motifs is 1. The summed E-state index contributed by atoms with van der Waals surface area (Å²) in [6, 6.07) is 6.27. The van der Waals surface area contributed by atoms with Crippen molar-refractivity contribution in [2.24, 2.45) is 5.92 Å². The Morgan fingerprint density at radius 1 is 1.11 bits per heavy atom. The van der Waals surface area contributed by atoms with Gasteiger partial charge in [-0.1, -0.05) is 43.9 Å². The zero-order valence-electron chi connectivity index (χ0n) is 10.8. The minimum absolute atomic E-state index is 0.0740. The molecule has 1 aromatic carbocycles. The van der Waals surface area contributed by atoms with E-state index in [1.54, 1.807) is 26.0 Å². The number of aliphatic hydroxyl groups is 1. The van der Waals surface area contributed by atoms with E-state index in [0.29, 0.717) is 0 Å². The zero-order valence-corrected chi connectivity index (χ0v) is 10.8. The Morgan fingerprint density at radius 3 is 2.26 bits per heavy atom. The highest BCUT2D eigenvalue weighted by molar-refractivity contribution is 6.52. The average Bonchev–Trinajstić information content (AvgIpc) is 2.40. The highest BCUT2D eigenvalue weighted by atomic mass is 16.3. The molecule has 4 nitrogen and oxygen atoms in total.